The van der Waals surface area contributed by atoms with Gasteiger partial charge in [0.15, 0.2) is 11.2 Å². The topological polar surface area (TPSA) is 147 Å². The zero-order valence-corrected chi connectivity index (χ0v) is 22.3. The van der Waals surface area contributed by atoms with Crippen molar-refractivity contribution in [1.29, 1.82) is 0 Å². The normalized spacial score (nSPS) is 17.4. The molecular formula is C24H34N7O5P. The van der Waals surface area contributed by atoms with Gasteiger partial charge in [-0.1, -0.05) is 30.3 Å². The molecule has 4 rings (SSSR count). The number of esters is 1. The molecule has 12 nitrogen and oxygen atoms in total. The third-order valence-electron chi connectivity index (χ3n) is 6.25. The number of hydrogen-bond acceptors (Lipinski definition) is 10. The monoisotopic (exact) mass is 531 g/mol. The Morgan fingerprint density at radius 1 is 1.24 bits per heavy atom. The third-order valence-corrected chi connectivity index (χ3v) is 8.35. The lowest BCUT2D eigenvalue weighted by atomic mass is 10.1. The number of likely N-dealkylation sites (tertiary alicyclic amines) is 1. The van der Waals surface area contributed by atoms with Crippen LogP contribution in [0.15, 0.2) is 36.7 Å². The number of anilines is 1. The first-order chi connectivity index (χ1) is 17.8. The molecule has 1 fully saturated rings. The molecule has 1 aliphatic rings. The molecule has 3 heterocycles. The van der Waals surface area contributed by atoms with Crippen molar-refractivity contribution >= 4 is 30.6 Å². The van der Waals surface area contributed by atoms with E-state index in [1.54, 1.807) is 20.2 Å². The molecule has 1 saturated heterocycles. The smallest absolute Gasteiger partial charge is 0.323 e. The van der Waals surface area contributed by atoms with E-state index in [1.807, 2.05) is 34.9 Å². The van der Waals surface area contributed by atoms with Crippen LogP contribution in [0.2, 0.25) is 0 Å². The summed E-state index contributed by atoms with van der Waals surface area (Å²) in [6.07, 6.45) is 3.47. The molecule has 0 aliphatic carbocycles. The molecule has 3 N–H and O–H groups in total. The van der Waals surface area contributed by atoms with Gasteiger partial charge < -0.3 is 24.3 Å². The first-order valence-corrected chi connectivity index (χ1v) is 14.1. The maximum absolute atomic E-state index is 13.9. The van der Waals surface area contributed by atoms with Crippen LogP contribution >= 0.6 is 7.52 Å². The Balaban J connectivity index is 1.44. The molecule has 0 radical (unpaired) electrons. The van der Waals surface area contributed by atoms with Crippen LogP contribution in [0.3, 0.4) is 0 Å². The maximum Gasteiger partial charge on any atom is 0.323 e. The fourth-order valence-corrected chi connectivity index (χ4v) is 6.51. The molecular weight excluding hydrogens is 497 g/mol. The van der Waals surface area contributed by atoms with Crippen LogP contribution in [-0.2, 0) is 25.2 Å². The quantitative estimate of drug-likeness (QED) is 0.278. The highest BCUT2D eigenvalue weighted by Crippen LogP contribution is 2.45. The second-order valence-electron chi connectivity index (χ2n) is 8.94. The summed E-state index contributed by atoms with van der Waals surface area (Å²) in [6.45, 7) is 5.14. The molecule has 2 aromatic heterocycles. The van der Waals surface area contributed by atoms with Crippen molar-refractivity contribution in [2.75, 3.05) is 38.8 Å². The molecule has 200 valence electrons. The molecule has 0 bridgehead atoms. The number of hydrogen-bond donors (Lipinski definition) is 2. The van der Waals surface area contributed by atoms with E-state index in [-0.39, 0.29) is 31.5 Å². The van der Waals surface area contributed by atoms with Crippen molar-refractivity contribution < 1.29 is 23.4 Å². The largest absolute Gasteiger partial charge is 0.479 e. The number of ether oxygens (including phenoxy) is 2. The Labute approximate surface area is 216 Å². The van der Waals surface area contributed by atoms with Crippen LogP contribution in [0.4, 0.5) is 5.95 Å². The number of rotatable bonds is 11. The standard InChI is InChI=1S/C24H34N7O5P/c1-4-35-23(32)17(2)29-37(33,36-14-18-8-6-5-7-9-18)16-30-12-10-19(11-13-30)31-15-26-20-21(31)27-24(25)28-22(20)34-3/h5-9,15,17,19H,4,10-14,16H2,1-3H3,(H,29,33)(H2,25,27,28)/t17-,37?/m0/s1. The number of nitrogens with zero attached hydrogens (tertiary/aromatic N) is 5. The van der Waals surface area contributed by atoms with Gasteiger partial charge in [-0.25, -0.2) is 10.1 Å². The van der Waals surface area contributed by atoms with Gasteiger partial charge in [0.25, 0.3) is 7.52 Å². The number of methoxy groups -OCH3 is 1. The van der Waals surface area contributed by atoms with Crippen LogP contribution < -0.4 is 15.6 Å². The van der Waals surface area contributed by atoms with E-state index >= 15 is 0 Å². The van der Waals surface area contributed by atoms with Crippen LogP contribution in [0.5, 0.6) is 5.88 Å². The van der Waals surface area contributed by atoms with Crippen LogP contribution in [0, 0.1) is 0 Å². The fourth-order valence-electron chi connectivity index (χ4n) is 4.41. The van der Waals surface area contributed by atoms with Gasteiger partial charge in [-0.15, -0.1) is 0 Å². The lowest BCUT2D eigenvalue weighted by Crippen LogP contribution is -2.40. The van der Waals surface area contributed by atoms with E-state index in [0.29, 0.717) is 30.1 Å². The molecule has 0 spiro atoms. The highest BCUT2D eigenvalue weighted by Gasteiger charge is 2.33. The number of nitrogens with one attached hydrogen (secondary N) is 1. The molecule has 1 unspecified atom stereocenters. The van der Waals surface area contributed by atoms with E-state index in [1.165, 1.54) is 7.11 Å². The number of imidazole rings is 1. The number of carbonyl (C=O) groups is 1. The van der Waals surface area contributed by atoms with E-state index in [2.05, 4.69) is 24.9 Å². The van der Waals surface area contributed by atoms with Crippen molar-refractivity contribution in [3.05, 3.63) is 42.2 Å². The van der Waals surface area contributed by atoms with E-state index < -0.39 is 19.5 Å². The summed E-state index contributed by atoms with van der Waals surface area (Å²) in [5, 5.41) is 2.93. The van der Waals surface area contributed by atoms with Gasteiger partial charge >= 0.3 is 5.97 Å². The minimum Gasteiger partial charge on any atom is -0.479 e. The minimum absolute atomic E-state index is 0.127. The predicted molar refractivity (Wildman–Crippen MR) is 139 cm³/mol. The first-order valence-electron chi connectivity index (χ1n) is 12.3. The van der Waals surface area contributed by atoms with Gasteiger partial charge in [0, 0.05) is 19.1 Å². The Hall–Kier alpha value is -3.05. The number of fused-ring (bicyclic) bond motifs is 1. The molecule has 1 aromatic carbocycles. The molecule has 0 saturated carbocycles. The van der Waals surface area contributed by atoms with Crippen molar-refractivity contribution in [3.63, 3.8) is 0 Å². The number of piperidine rings is 1. The zero-order valence-electron chi connectivity index (χ0n) is 21.4. The lowest BCUT2D eigenvalue weighted by molar-refractivity contribution is -0.144. The summed E-state index contributed by atoms with van der Waals surface area (Å²) in [5.74, 6) is 0.00670. The van der Waals surface area contributed by atoms with Gasteiger partial charge in [0.05, 0.1) is 32.9 Å². The Morgan fingerprint density at radius 2 is 1.97 bits per heavy atom. The Morgan fingerprint density at radius 3 is 2.65 bits per heavy atom. The SMILES string of the molecule is CCOC(=O)[C@H](C)NP(=O)(CN1CCC(n2cnc3c(OC)nc(N)nc32)CC1)OCc1ccccc1. The Kier molecular flexibility index (Phi) is 8.75. The van der Waals surface area contributed by atoms with Crippen LogP contribution in [0.25, 0.3) is 11.2 Å². The van der Waals surface area contributed by atoms with Gasteiger partial charge in [-0.2, -0.15) is 9.97 Å². The highest BCUT2D eigenvalue weighted by molar-refractivity contribution is 7.56. The lowest BCUT2D eigenvalue weighted by Gasteiger charge is -2.35. The van der Waals surface area contributed by atoms with Crippen LogP contribution in [0.1, 0.15) is 38.3 Å². The molecule has 13 heteroatoms. The second-order valence-corrected chi connectivity index (χ2v) is 11.1. The number of nitrogens with two attached hydrogens (primary N) is 1. The zero-order chi connectivity index (χ0) is 26.4. The van der Waals surface area contributed by atoms with E-state index in [0.717, 1.165) is 18.4 Å². The molecule has 0 amide bonds. The summed E-state index contributed by atoms with van der Waals surface area (Å²) in [4.78, 5) is 27.2. The van der Waals surface area contributed by atoms with Crippen molar-refractivity contribution in [2.24, 2.45) is 0 Å². The van der Waals surface area contributed by atoms with Gasteiger partial charge in [-0.05, 0) is 32.3 Å². The maximum atomic E-state index is 13.9. The second kappa shape index (κ2) is 12.0. The minimum atomic E-state index is -3.42. The van der Waals surface area contributed by atoms with Gasteiger partial charge in [-0.3, -0.25) is 14.3 Å². The summed E-state index contributed by atoms with van der Waals surface area (Å²) < 4.78 is 32.3. The van der Waals surface area contributed by atoms with Crippen molar-refractivity contribution in [3.8, 4) is 5.88 Å². The van der Waals surface area contributed by atoms with Gasteiger partial charge in [0.2, 0.25) is 11.8 Å². The summed E-state index contributed by atoms with van der Waals surface area (Å²) in [7, 11) is -1.90. The predicted octanol–water partition coefficient (Wildman–Crippen LogP) is 2.96. The molecule has 2 atom stereocenters. The molecule has 37 heavy (non-hydrogen) atoms. The summed E-state index contributed by atoms with van der Waals surface area (Å²) in [6, 6.07) is 8.90. The number of benzene rings is 1. The third kappa shape index (κ3) is 6.64. The first kappa shape index (κ1) is 27.0. The van der Waals surface area contributed by atoms with Crippen molar-refractivity contribution in [2.45, 2.75) is 45.4 Å². The number of aromatic nitrogens is 4. The average Bonchev–Trinajstić information content (AvgIpc) is 3.32. The summed E-state index contributed by atoms with van der Waals surface area (Å²) >= 11 is 0. The fraction of sp³-hybridized carbons (Fsp3) is 0.500. The van der Waals surface area contributed by atoms with E-state index in [9.17, 15) is 9.36 Å². The van der Waals surface area contributed by atoms with Crippen molar-refractivity contribution in [1.82, 2.24) is 29.5 Å². The van der Waals surface area contributed by atoms with E-state index in [4.69, 9.17) is 19.7 Å². The van der Waals surface area contributed by atoms with Crippen LogP contribution in [-0.4, -0.2) is 69.5 Å². The highest BCUT2D eigenvalue weighted by atomic mass is 31.2. The summed E-state index contributed by atoms with van der Waals surface area (Å²) in [5.41, 5.74) is 7.96. The Bertz CT molecular complexity index is 1250. The molecule has 1 aliphatic heterocycles. The van der Waals surface area contributed by atoms with Gasteiger partial charge in [0.1, 0.15) is 6.04 Å². The molecule has 3 aromatic rings. The number of carbonyl (C=O) groups excluding carboxylic acids is 1. The average molecular weight is 532 g/mol. The number of nitrogen functional groups attached to an aromatic ring is 1.